The molecule has 27 heavy (non-hydrogen) atoms. The molecule has 0 fully saturated rings. The van der Waals surface area contributed by atoms with Crippen LogP contribution in [0.3, 0.4) is 0 Å². The predicted molar refractivity (Wildman–Crippen MR) is 109 cm³/mol. The highest BCUT2D eigenvalue weighted by atomic mass is 32.2. The van der Waals surface area contributed by atoms with Crippen molar-refractivity contribution in [3.8, 4) is 5.75 Å². The molecular formula is C20H26FN3O2S. The van der Waals surface area contributed by atoms with Crippen molar-refractivity contribution < 1.29 is 13.3 Å². The Morgan fingerprint density at radius 2 is 1.96 bits per heavy atom. The van der Waals surface area contributed by atoms with Crippen LogP contribution in [0.2, 0.25) is 0 Å². The average molecular weight is 392 g/mol. The second kappa shape index (κ2) is 11.3. The minimum atomic E-state index is -0.936. The molecule has 0 bridgehead atoms. The summed E-state index contributed by atoms with van der Waals surface area (Å²) < 4.78 is 31.0. The topological polar surface area (TPSA) is 62.7 Å². The molecule has 2 aromatic carbocycles. The first-order chi connectivity index (χ1) is 13.1. The molecule has 0 saturated heterocycles. The van der Waals surface area contributed by atoms with Crippen LogP contribution < -0.4 is 15.4 Å². The third kappa shape index (κ3) is 8.21. The summed E-state index contributed by atoms with van der Waals surface area (Å²) in [5, 5.41) is 6.29. The first-order valence-electron chi connectivity index (χ1n) is 8.82. The molecule has 0 spiro atoms. The Labute approximate surface area is 162 Å². The molecule has 2 N–H and O–H groups in total. The van der Waals surface area contributed by atoms with Gasteiger partial charge in [-0.05, 0) is 24.6 Å². The molecule has 146 valence electrons. The Balaban J connectivity index is 1.67. The van der Waals surface area contributed by atoms with E-state index in [4.69, 9.17) is 4.74 Å². The van der Waals surface area contributed by atoms with Crippen molar-refractivity contribution in [1.29, 1.82) is 0 Å². The number of hydrogen-bond acceptors (Lipinski definition) is 3. The van der Waals surface area contributed by atoms with Crippen molar-refractivity contribution in [2.75, 3.05) is 25.9 Å². The molecule has 5 nitrogen and oxygen atoms in total. The minimum absolute atomic E-state index is 0.169. The summed E-state index contributed by atoms with van der Waals surface area (Å²) in [5.41, 5.74) is 1.07. The fourth-order valence-electron chi connectivity index (χ4n) is 2.39. The van der Waals surface area contributed by atoms with Crippen LogP contribution in [0, 0.1) is 5.82 Å². The maximum absolute atomic E-state index is 13.2. The van der Waals surface area contributed by atoms with Crippen molar-refractivity contribution in [2.45, 2.75) is 18.8 Å². The zero-order valence-corrected chi connectivity index (χ0v) is 16.5. The van der Waals surface area contributed by atoms with E-state index in [1.165, 1.54) is 12.1 Å². The van der Waals surface area contributed by atoms with E-state index in [0.717, 1.165) is 5.56 Å². The molecule has 0 aliphatic heterocycles. The standard InChI is InChI=1S/C20H26FN3O2S/c1-16(26-19-10-6-9-18(21)13-19)14-24-20(22-2)23-11-12-27(25)15-17-7-4-3-5-8-17/h3-10,13,16H,11-12,14-15H2,1-2H3,(H2,22,23,24). The summed E-state index contributed by atoms with van der Waals surface area (Å²) >= 11 is 0. The largest absolute Gasteiger partial charge is 0.489 e. The zero-order valence-electron chi connectivity index (χ0n) is 15.7. The molecule has 2 aromatic rings. The normalized spacial score (nSPS) is 13.7. The van der Waals surface area contributed by atoms with Gasteiger partial charge in [-0.15, -0.1) is 0 Å². The summed E-state index contributed by atoms with van der Waals surface area (Å²) in [5.74, 6) is 1.86. The molecule has 7 heteroatoms. The van der Waals surface area contributed by atoms with Crippen LogP contribution in [0.15, 0.2) is 59.6 Å². The number of nitrogens with zero attached hydrogens (tertiary/aromatic N) is 1. The lowest BCUT2D eigenvalue weighted by Gasteiger charge is -2.17. The highest BCUT2D eigenvalue weighted by Crippen LogP contribution is 2.13. The molecule has 0 heterocycles. The Kier molecular flexibility index (Phi) is 8.77. The lowest BCUT2D eigenvalue weighted by atomic mass is 10.2. The van der Waals surface area contributed by atoms with Gasteiger partial charge in [0.25, 0.3) is 0 Å². The van der Waals surface area contributed by atoms with E-state index in [0.29, 0.717) is 36.3 Å². The number of nitrogens with one attached hydrogen (secondary N) is 2. The number of hydrogen-bond donors (Lipinski definition) is 2. The van der Waals surface area contributed by atoms with Crippen LogP contribution in [0.5, 0.6) is 5.75 Å². The van der Waals surface area contributed by atoms with E-state index in [1.54, 1.807) is 19.2 Å². The summed E-state index contributed by atoms with van der Waals surface area (Å²) in [4.78, 5) is 4.14. The van der Waals surface area contributed by atoms with E-state index in [-0.39, 0.29) is 11.9 Å². The first-order valence-corrected chi connectivity index (χ1v) is 10.3. The Hall–Kier alpha value is -2.41. The van der Waals surface area contributed by atoms with Gasteiger partial charge in [-0.2, -0.15) is 0 Å². The van der Waals surface area contributed by atoms with Crippen LogP contribution >= 0.6 is 0 Å². The van der Waals surface area contributed by atoms with Gasteiger partial charge >= 0.3 is 0 Å². The quantitative estimate of drug-likeness (QED) is 0.510. The number of benzene rings is 2. The fourth-order valence-corrected chi connectivity index (χ4v) is 3.43. The molecule has 2 atom stereocenters. The fraction of sp³-hybridized carbons (Fsp3) is 0.350. The third-order valence-electron chi connectivity index (χ3n) is 3.71. The average Bonchev–Trinajstić information content (AvgIpc) is 2.65. The number of ether oxygens (including phenoxy) is 1. The number of guanidine groups is 1. The summed E-state index contributed by atoms with van der Waals surface area (Å²) in [6.45, 7) is 2.95. The Bertz CT molecular complexity index is 756. The van der Waals surface area contributed by atoms with Gasteiger partial charge in [0.2, 0.25) is 0 Å². The lowest BCUT2D eigenvalue weighted by Crippen LogP contribution is -2.43. The number of halogens is 1. The smallest absolute Gasteiger partial charge is 0.191 e. The second-order valence-electron chi connectivity index (χ2n) is 6.04. The van der Waals surface area contributed by atoms with Crippen LogP contribution in [-0.2, 0) is 16.6 Å². The van der Waals surface area contributed by atoms with Crippen LogP contribution in [0.1, 0.15) is 12.5 Å². The van der Waals surface area contributed by atoms with Crippen molar-refractivity contribution in [3.05, 3.63) is 66.0 Å². The van der Waals surface area contributed by atoms with Crippen molar-refractivity contribution >= 4 is 16.8 Å². The van der Waals surface area contributed by atoms with Gasteiger partial charge in [0, 0.05) is 42.0 Å². The highest BCUT2D eigenvalue weighted by Gasteiger charge is 2.07. The van der Waals surface area contributed by atoms with Gasteiger partial charge in [0.1, 0.15) is 17.7 Å². The van der Waals surface area contributed by atoms with Gasteiger partial charge in [-0.1, -0.05) is 36.4 Å². The third-order valence-corrected chi connectivity index (χ3v) is 5.02. The predicted octanol–water partition coefficient (Wildman–Crippen LogP) is 2.71. The van der Waals surface area contributed by atoms with E-state index < -0.39 is 10.8 Å². The van der Waals surface area contributed by atoms with E-state index in [9.17, 15) is 8.60 Å². The molecule has 0 aromatic heterocycles. The van der Waals surface area contributed by atoms with Gasteiger partial charge in [0.15, 0.2) is 5.96 Å². The van der Waals surface area contributed by atoms with E-state index >= 15 is 0 Å². The maximum Gasteiger partial charge on any atom is 0.191 e. The van der Waals surface area contributed by atoms with Crippen LogP contribution in [0.4, 0.5) is 4.39 Å². The molecule has 2 unspecified atom stereocenters. The van der Waals surface area contributed by atoms with Crippen molar-refractivity contribution in [1.82, 2.24) is 10.6 Å². The Morgan fingerprint density at radius 3 is 2.67 bits per heavy atom. The van der Waals surface area contributed by atoms with Crippen molar-refractivity contribution in [3.63, 3.8) is 0 Å². The van der Waals surface area contributed by atoms with Crippen molar-refractivity contribution in [2.24, 2.45) is 4.99 Å². The van der Waals surface area contributed by atoms with Gasteiger partial charge in [-0.25, -0.2) is 4.39 Å². The number of rotatable bonds is 9. The van der Waals surface area contributed by atoms with Gasteiger partial charge in [0.05, 0.1) is 6.54 Å². The van der Waals surface area contributed by atoms with E-state index in [1.807, 2.05) is 37.3 Å². The molecule has 0 radical (unpaired) electrons. The molecule has 0 aliphatic rings. The second-order valence-corrected chi connectivity index (χ2v) is 7.62. The van der Waals surface area contributed by atoms with Crippen LogP contribution in [-0.4, -0.2) is 42.2 Å². The number of aliphatic imine (C=N–C) groups is 1. The Morgan fingerprint density at radius 1 is 1.19 bits per heavy atom. The zero-order chi connectivity index (χ0) is 19.5. The van der Waals surface area contributed by atoms with Crippen LogP contribution in [0.25, 0.3) is 0 Å². The van der Waals surface area contributed by atoms with E-state index in [2.05, 4.69) is 15.6 Å². The summed E-state index contributed by atoms with van der Waals surface area (Å²) in [7, 11) is 0.739. The minimum Gasteiger partial charge on any atom is -0.489 e. The van der Waals surface area contributed by atoms with Gasteiger partial charge < -0.3 is 15.4 Å². The summed E-state index contributed by atoms with van der Waals surface area (Å²) in [6, 6.07) is 15.9. The monoisotopic (exact) mass is 391 g/mol. The highest BCUT2D eigenvalue weighted by molar-refractivity contribution is 7.84. The molecule has 0 amide bonds. The maximum atomic E-state index is 13.2. The molecule has 0 aliphatic carbocycles. The molecule has 0 saturated carbocycles. The van der Waals surface area contributed by atoms with Gasteiger partial charge in [-0.3, -0.25) is 9.20 Å². The SMILES string of the molecule is CN=C(NCCS(=O)Cc1ccccc1)NCC(C)Oc1cccc(F)c1. The summed E-state index contributed by atoms with van der Waals surface area (Å²) in [6.07, 6.45) is -0.169. The first kappa shape index (κ1) is 20.9. The molecular weight excluding hydrogens is 365 g/mol. The lowest BCUT2D eigenvalue weighted by molar-refractivity contribution is 0.223. The molecule has 2 rings (SSSR count).